The number of nitrogens with zero attached hydrogens (tertiary/aromatic N) is 1. The van der Waals surface area contributed by atoms with E-state index in [0.29, 0.717) is 38.3 Å². The van der Waals surface area contributed by atoms with Gasteiger partial charge in [0.05, 0.1) is 13.2 Å². The van der Waals surface area contributed by atoms with Crippen molar-refractivity contribution in [3.05, 3.63) is 56.8 Å². The van der Waals surface area contributed by atoms with Gasteiger partial charge in [0.2, 0.25) is 0 Å². The van der Waals surface area contributed by atoms with E-state index in [-0.39, 0.29) is 23.0 Å². The van der Waals surface area contributed by atoms with Crippen LogP contribution in [-0.4, -0.2) is 42.9 Å². The van der Waals surface area contributed by atoms with Crippen molar-refractivity contribution >= 4 is 27.6 Å². The van der Waals surface area contributed by atoms with Crippen LogP contribution in [0.2, 0.25) is 0 Å². The summed E-state index contributed by atoms with van der Waals surface area (Å²) < 4.78 is 6.34. The van der Waals surface area contributed by atoms with Gasteiger partial charge in [-0.15, -0.1) is 0 Å². The van der Waals surface area contributed by atoms with Crippen LogP contribution >= 0.6 is 15.9 Å². The van der Waals surface area contributed by atoms with Crippen LogP contribution in [0, 0.1) is 5.41 Å². The molecular weight excluding hydrogens is 432 g/mol. The number of dihydropyridines is 1. The molecule has 2 heterocycles. The monoisotopic (exact) mass is 458 g/mol. The van der Waals surface area contributed by atoms with Gasteiger partial charge in [-0.2, -0.15) is 0 Å². The Morgan fingerprint density at radius 3 is 2.59 bits per heavy atom. The van der Waals surface area contributed by atoms with E-state index in [2.05, 4.69) is 35.1 Å². The Morgan fingerprint density at radius 2 is 1.90 bits per heavy atom. The lowest BCUT2D eigenvalue weighted by Gasteiger charge is -2.41. The Balaban J connectivity index is 1.85. The maximum Gasteiger partial charge on any atom is 0.252 e. The number of hydrogen-bond acceptors (Lipinski definition) is 4. The molecule has 1 aromatic carbocycles. The van der Waals surface area contributed by atoms with Crippen LogP contribution in [0.15, 0.2) is 51.3 Å². The first kappa shape index (κ1) is 20.4. The summed E-state index contributed by atoms with van der Waals surface area (Å²) in [6, 6.07) is 7.90. The topological polar surface area (TPSA) is 58.6 Å². The third kappa shape index (κ3) is 3.80. The van der Waals surface area contributed by atoms with Crippen LogP contribution in [0.3, 0.4) is 0 Å². The highest BCUT2D eigenvalue weighted by atomic mass is 79.9. The quantitative estimate of drug-likeness (QED) is 0.729. The van der Waals surface area contributed by atoms with Gasteiger partial charge >= 0.3 is 0 Å². The van der Waals surface area contributed by atoms with E-state index in [1.54, 1.807) is 0 Å². The Morgan fingerprint density at radius 1 is 1.21 bits per heavy atom. The zero-order valence-corrected chi connectivity index (χ0v) is 18.8. The predicted octanol–water partition coefficient (Wildman–Crippen LogP) is 3.91. The van der Waals surface area contributed by atoms with Crippen LogP contribution < -0.4 is 5.32 Å². The first-order valence-electron chi connectivity index (χ1n) is 10.1. The lowest BCUT2D eigenvalue weighted by molar-refractivity contribution is -0.131. The molecule has 6 heteroatoms. The summed E-state index contributed by atoms with van der Waals surface area (Å²) in [5.74, 6) is -0.242. The van der Waals surface area contributed by atoms with E-state index >= 15 is 0 Å². The van der Waals surface area contributed by atoms with Crippen LogP contribution in [0.25, 0.3) is 0 Å². The summed E-state index contributed by atoms with van der Waals surface area (Å²) >= 11 is 3.66. The number of hydrogen-bond donors (Lipinski definition) is 1. The smallest absolute Gasteiger partial charge is 0.252 e. The predicted molar refractivity (Wildman–Crippen MR) is 115 cm³/mol. The van der Waals surface area contributed by atoms with Gasteiger partial charge in [0.15, 0.2) is 5.78 Å². The summed E-state index contributed by atoms with van der Waals surface area (Å²) in [6.07, 6.45) is 1.29. The molecule has 1 fully saturated rings. The van der Waals surface area contributed by atoms with Crippen molar-refractivity contribution in [3.63, 3.8) is 0 Å². The number of carbonyl (C=O) groups is 2. The van der Waals surface area contributed by atoms with Gasteiger partial charge in [-0.25, -0.2) is 0 Å². The molecule has 0 bridgehead atoms. The Bertz CT molecular complexity index is 926. The van der Waals surface area contributed by atoms with E-state index < -0.39 is 0 Å². The number of ketones is 1. The highest BCUT2D eigenvalue weighted by Crippen LogP contribution is 2.48. The molecule has 29 heavy (non-hydrogen) atoms. The fourth-order valence-electron chi connectivity index (χ4n) is 4.68. The van der Waals surface area contributed by atoms with Crippen molar-refractivity contribution < 1.29 is 14.3 Å². The summed E-state index contributed by atoms with van der Waals surface area (Å²) in [7, 11) is 0. The number of nitrogens with one attached hydrogen (secondary N) is 1. The van der Waals surface area contributed by atoms with Gasteiger partial charge in [0, 0.05) is 52.4 Å². The second-order valence-electron chi connectivity index (χ2n) is 8.86. The van der Waals surface area contributed by atoms with Gasteiger partial charge < -0.3 is 15.0 Å². The highest BCUT2D eigenvalue weighted by molar-refractivity contribution is 9.10. The molecule has 2 aliphatic heterocycles. The average molecular weight is 459 g/mol. The maximum atomic E-state index is 13.6. The molecule has 5 nitrogen and oxygen atoms in total. The third-order valence-electron chi connectivity index (χ3n) is 5.98. The van der Waals surface area contributed by atoms with E-state index in [4.69, 9.17) is 4.74 Å². The van der Waals surface area contributed by atoms with Crippen molar-refractivity contribution in [1.82, 2.24) is 10.2 Å². The standard InChI is InChI=1S/C23H27BrN2O3/c1-14-19(22(28)26-8-10-29-11-9-26)20(15-6-4-5-7-16(15)24)21-17(25-14)12-23(2,3)13-18(21)27/h4-7,20,25H,8-13H2,1-3H3/t20-/m0/s1. The fraction of sp³-hybridized carbons (Fsp3) is 0.478. The second-order valence-corrected chi connectivity index (χ2v) is 9.71. The van der Waals surface area contributed by atoms with Gasteiger partial charge in [-0.1, -0.05) is 48.0 Å². The molecule has 1 aromatic rings. The van der Waals surface area contributed by atoms with Gasteiger partial charge in [0.25, 0.3) is 5.91 Å². The van der Waals surface area contributed by atoms with E-state index in [1.165, 1.54) is 0 Å². The summed E-state index contributed by atoms with van der Waals surface area (Å²) in [5.41, 5.74) is 4.09. The van der Waals surface area contributed by atoms with Crippen LogP contribution in [0.1, 0.15) is 45.1 Å². The van der Waals surface area contributed by atoms with Gasteiger partial charge in [0.1, 0.15) is 0 Å². The Labute approximate surface area is 180 Å². The first-order chi connectivity index (χ1) is 13.8. The Kier molecular flexibility index (Phi) is 5.42. The fourth-order valence-corrected chi connectivity index (χ4v) is 5.19. The number of rotatable bonds is 2. The molecule has 0 saturated carbocycles. The molecule has 4 rings (SSSR count). The zero-order valence-electron chi connectivity index (χ0n) is 17.2. The zero-order chi connectivity index (χ0) is 20.8. The van der Waals surface area contributed by atoms with E-state index in [1.807, 2.05) is 36.1 Å². The van der Waals surface area contributed by atoms with Gasteiger partial charge in [-0.05, 0) is 30.4 Å². The lowest BCUT2D eigenvalue weighted by atomic mass is 9.68. The van der Waals surface area contributed by atoms with Crippen molar-refractivity contribution in [2.24, 2.45) is 5.41 Å². The van der Waals surface area contributed by atoms with E-state index in [0.717, 1.165) is 33.4 Å². The third-order valence-corrected chi connectivity index (χ3v) is 6.71. The second kappa shape index (κ2) is 7.73. The molecule has 1 saturated heterocycles. The molecule has 3 aliphatic rings. The minimum absolute atomic E-state index is 0.0109. The lowest BCUT2D eigenvalue weighted by Crippen LogP contribution is -2.45. The minimum atomic E-state index is -0.360. The highest BCUT2D eigenvalue weighted by Gasteiger charge is 2.44. The number of benzene rings is 1. The number of amides is 1. The number of carbonyl (C=O) groups excluding carboxylic acids is 2. The molecule has 0 aromatic heterocycles. The number of halogens is 1. The summed E-state index contributed by atoms with van der Waals surface area (Å²) in [6.45, 7) is 8.44. The molecule has 0 unspecified atom stereocenters. The molecule has 154 valence electrons. The minimum Gasteiger partial charge on any atom is -0.378 e. The maximum absolute atomic E-state index is 13.6. The molecule has 1 aliphatic carbocycles. The van der Waals surface area contributed by atoms with Crippen LogP contribution in [0.5, 0.6) is 0 Å². The van der Waals surface area contributed by atoms with Crippen LogP contribution in [0.4, 0.5) is 0 Å². The molecule has 0 radical (unpaired) electrons. The summed E-state index contributed by atoms with van der Waals surface area (Å²) in [4.78, 5) is 28.7. The van der Waals surface area contributed by atoms with Gasteiger partial charge in [-0.3, -0.25) is 9.59 Å². The van der Waals surface area contributed by atoms with Crippen molar-refractivity contribution in [2.45, 2.75) is 39.5 Å². The van der Waals surface area contributed by atoms with Crippen LogP contribution in [-0.2, 0) is 14.3 Å². The largest absolute Gasteiger partial charge is 0.378 e. The average Bonchev–Trinajstić information content (AvgIpc) is 2.66. The number of allylic oxidation sites excluding steroid dienone is 3. The summed E-state index contributed by atoms with van der Waals surface area (Å²) in [5, 5.41) is 3.44. The Hall–Kier alpha value is -1.92. The first-order valence-corrected chi connectivity index (χ1v) is 10.9. The van der Waals surface area contributed by atoms with Crippen molar-refractivity contribution in [1.29, 1.82) is 0 Å². The molecular formula is C23H27BrN2O3. The molecule has 1 amide bonds. The molecule has 1 N–H and O–H groups in total. The number of ether oxygens (including phenoxy) is 1. The number of Topliss-reactive ketones (excluding diaryl/α,β-unsaturated/α-hetero) is 1. The SMILES string of the molecule is CC1=C(C(=O)N2CCOCC2)[C@H](c2ccccc2Br)C2=C(CC(C)(C)CC2=O)N1. The van der Waals surface area contributed by atoms with Crippen molar-refractivity contribution in [2.75, 3.05) is 26.3 Å². The van der Waals surface area contributed by atoms with Crippen molar-refractivity contribution in [3.8, 4) is 0 Å². The van der Waals surface area contributed by atoms with E-state index in [9.17, 15) is 9.59 Å². The normalized spacial score (nSPS) is 24.3. The molecule has 0 spiro atoms. The number of morpholine rings is 1. The molecule has 1 atom stereocenters.